The van der Waals surface area contributed by atoms with Crippen LogP contribution in [0.25, 0.3) is 6.08 Å². The maximum absolute atomic E-state index is 13.2. The Bertz CT molecular complexity index is 1640. The highest BCUT2D eigenvalue weighted by molar-refractivity contribution is 14.1. The predicted molar refractivity (Wildman–Crippen MR) is 162 cm³/mol. The molecule has 0 saturated carbocycles. The number of nitrogens with one attached hydrogen (secondary N) is 2. The van der Waals surface area contributed by atoms with Crippen molar-refractivity contribution >= 4 is 69.5 Å². The Morgan fingerprint density at radius 2 is 1.76 bits per heavy atom. The maximum atomic E-state index is 13.2. The molecule has 3 aromatic carbocycles. The van der Waals surface area contributed by atoms with Crippen molar-refractivity contribution in [2.45, 2.75) is 20.8 Å². The highest BCUT2D eigenvalue weighted by Gasteiger charge is 2.37. The van der Waals surface area contributed by atoms with Gasteiger partial charge in [-0.15, -0.1) is 0 Å². The van der Waals surface area contributed by atoms with Crippen molar-refractivity contribution in [3.8, 4) is 11.5 Å². The third-order valence-corrected chi connectivity index (χ3v) is 7.00. The second-order valence-electron chi connectivity index (χ2n) is 9.13. The van der Waals surface area contributed by atoms with Gasteiger partial charge in [0.05, 0.1) is 20.8 Å². The van der Waals surface area contributed by atoms with Crippen LogP contribution in [0.3, 0.4) is 0 Å². The third kappa shape index (κ3) is 6.74. The van der Waals surface area contributed by atoms with Crippen molar-refractivity contribution < 1.29 is 33.6 Å². The van der Waals surface area contributed by atoms with Gasteiger partial charge in [-0.25, -0.2) is 9.69 Å². The molecule has 2 N–H and O–H groups in total. The second kappa shape index (κ2) is 12.8. The van der Waals surface area contributed by atoms with E-state index in [1.807, 2.05) is 48.6 Å². The number of ether oxygens (including phenoxy) is 2. The topological polar surface area (TPSA) is 157 Å². The molecule has 0 unspecified atom stereocenters. The van der Waals surface area contributed by atoms with Crippen LogP contribution in [0.1, 0.15) is 23.6 Å². The van der Waals surface area contributed by atoms with Gasteiger partial charge in [0.2, 0.25) is 0 Å². The summed E-state index contributed by atoms with van der Waals surface area (Å²) in [5, 5.41) is 15.9. The van der Waals surface area contributed by atoms with E-state index in [1.165, 1.54) is 18.2 Å². The molecule has 0 spiro atoms. The minimum absolute atomic E-state index is 0.0499. The zero-order valence-corrected chi connectivity index (χ0v) is 24.9. The monoisotopic (exact) mass is 684 g/mol. The van der Waals surface area contributed by atoms with E-state index in [-0.39, 0.29) is 41.8 Å². The van der Waals surface area contributed by atoms with Gasteiger partial charge in [0, 0.05) is 17.8 Å². The van der Waals surface area contributed by atoms with Crippen LogP contribution in [-0.4, -0.2) is 41.9 Å². The average molecular weight is 684 g/mol. The number of amides is 5. The lowest BCUT2D eigenvalue weighted by Gasteiger charge is -2.26. The van der Waals surface area contributed by atoms with Gasteiger partial charge >= 0.3 is 6.03 Å². The number of benzene rings is 3. The zero-order chi connectivity index (χ0) is 30.6. The Hall–Kier alpha value is -4.79. The molecule has 216 valence electrons. The highest BCUT2D eigenvalue weighted by atomic mass is 127. The van der Waals surface area contributed by atoms with Crippen LogP contribution in [0.4, 0.5) is 21.9 Å². The van der Waals surface area contributed by atoms with Gasteiger partial charge in [0.15, 0.2) is 18.1 Å². The number of carbonyl (C=O) groups excluding carboxylic acids is 4. The SMILES string of the molecule is CCOc1cc(/C=C2/C(=O)NC(=O)N(c3ccc([N+](=O)[O-])cc3)C2=O)cc(I)c1OCC(=O)Nc1ccc(C)c(C)c1. The molecule has 1 aliphatic rings. The summed E-state index contributed by atoms with van der Waals surface area (Å²) >= 11 is 1.99. The second-order valence-corrected chi connectivity index (χ2v) is 10.3. The van der Waals surface area contributed by atoms with Crippen LogP contribution in [0.5, 0.6) is 11.5 Å². The molecule has 1 saturated heterocycles. The molecule has 1 fully saturated rings. The number of nitrogens with zero attached hydrogens (tertiary/aromatic N) is 2. The highest BCUT2D eigenvalue weighted by Crippen LogP contribution is 2.35. The van der Waals surface area contributed by atoms with Crippen LogP contribution in [0.15, 0.2) is 60.2 Å². The van der Waals surface area contributed by atoms with E-state index in [4.69, 9.17) is 9.47 Å². The van der Waals surface area contributed by atoms with E-state index < -0.39 is 22.8 Å². The van der Waals surface area contributed by atoms with E-state index in [0.717, 1.165) is 28.2 Å². The standard InChI is InChI=1S/C29H25IN4O8/c1-4-41-24-14-18(13-23(30)26(24)42-15-25(35)31-19-6-5-16(2)17(3)11-19)12-22-27(36)32-29(38)33(28(22)37)20-7-9-21(10-8-20)34(39)40/h5-14H,4,15H2,1-3H3,(H,31,35)(H,32,36,38)/b22-12-. The maximum Gasteiger partial charge on any atom is 0.335 e. The van der Waals surface area contributed by atoms with Gasteiger partial charge in [-0.1, -0.05) is 6.07 Å². The van der Waals surface area contributed by atoms with Crippen molar-refractivity contribution in [2.24, 2.45) is 0 Å². The van der Waals surface area contributed by atoms with E-state index in [0.29, 0.717) is 20.6 Å². The molecule has 4 rings (SSSR count). The van der Waals surface area contributed by atoms with Crippen molar-refractivity contribution in [3.05, 3.63) is 90.5 Å². The fourth-order valence-electron chi connectivity index (χ4n) is 4.01. The van der Waals surface area contributed by atoms with Gasteiger partial charge in [0.25, 0.3) is 23.4 Å². The van der Waals surface area contributed by atoms with Crippen molar-refractivity contribution in [2.75, 3.05) is 23.4 Å². The zero-order valence-electron chi connectivity index (χ0n) is 22.7. The Kier molecular flexibility index (Phi) is 9.20. The fourth-order valence-corrected chi connectivity index (χ4v) is 4.79. The molecule has 0 radical (unpaired) electrons. The molecule has 13 heteroatoms. The minimum atomic E-state index is -0.983. The molecule has 0 bridgehead atoms. The normalized spacial score (nSPS) is 14.0. The summed E-state index contributed by atoms with van der Waals surface area (Å²) in [4.78, 5) is 62.0. The van der Waals surface area contributed by atoms with Gasteiger partial charge in [0.1, 0.15) is 5.57 Å². The molecule has 1 aliphatic heterocycles. The average Bonchev–Trinajstić information content (AvgIpc) is 2.93. The number of anilines is 2. The number of halogens is 1. The summed E-state index contributed by atoms with van der Waals surface area (Å²) in [6, 6.07) is 12.5. The van der Waals surface area contributed by atoms with Crippen LogP contribution in [0.2, 0.25) is 0 Å². The quantitative estimate of drug-likeness (QED) is 0.106. The molecule has 0 atom stereocenters. The van der Waals surface area contributed by atoms with E-state index in [9.17, 15) is 29.3 Å². The number of hydrogen-bond donors (Lipinski definition) is 2. The lowest BCUT2D eigenvalue weighted by atomic mass is 10.1. The first-order valence-corrected chi connectivity index (χ1v) is 13.7. The number of imide groups is 2. The summed E-state index contributed by atoms with van der Waals surface area (Å²) in [6.07, 6.45) is 1.30. The molecule has 12 nitrogen and oxygen atoms in total. The lowest BCUT2D eigenvalue weighted by Crippen LogP contribution is -2.54. The van der Waals surface area contributed by atoms with Crippen molar-refractivity contribution in [3.63, 3.8) is 0 Å². The number of carbonyl (C=O) groups is 4. The van der Waals surface area contributed by atoms with Crippen LogP contribution in [-0.2, 0) is 14.4 Å². The van der Waals surface area contributed by atoms with E-state index in [2.05, 4.69) is 10.6 Å². The summed E-state index contributed by atoms with van der Waals surface area (Å²) in [7, 11) is 0. The number of barbiturate groups is 1. The van der Waals surface area contributed by atoms with Crippen LogP contribution >= 0.6 is 22.6 Å². The number of urea groups is 1. The van der Waals surface area contributed by atoms with E-state index >= 15 is 0 Å². The smallest absolute Gasteiger partial charge is 0.335 e. The Morgan fingerprint density at radius 3 is 2.40 bits per heavy atom. The molecule has 0 aliphatic carbocycles. The number of aryl methyl sites for hydroxylation is 2. The summed E-state index contributed by atoms with van der Waals surface area (Å²) in [5.74, 6) is -1.60. The Labute approximate surface area is 254 Å². The van der Waals surface area contributed by atoms with Crippen molar-refractivity contribution in [1.29, 1.82) is 0 Å². The number of nitro groups is 1. The third-order valence-electron chi connectivity index (χ3n) is 6.20. The number of nitro benzene ring substituents is 1. The number of hydrogen-bond acceptors (Lipinski definition) is 8. The van der Waals surface area contributed by atoms with Crippen LogP contribution < -0.4 is 25.0 Å². The summed E-state index contributed by atoms with van der Waals surface area (Å²) < 4.78 is 12.1. The minimum Gasteiger partial charge on any atom is -0.490 e. The Morgan fingerprint density at radius 1 is 1.05 bits per heavy atom. The molecular formula is C29H25IN4O8. The predicted octanol–water partition coefficient (Wildman–Crippen LogP) is 4.90. The number of rotatable bonds is 9. The largest absolute Gasteiger partial charge is 0.490 e. The molecule has 42 heavy (non-hydrogen) atoms. The van der Waals surface area contributed by atoms with Crippen LogP contribution in [0, 0.1) is 27.5 Å². The molecular weight excluding hydrogens is 659 g/mol. The van der Waals surface area contributed by atoms with Gasteiger partial charge in [-0.2, -0.15) is 0 Å². The van der Waals surface area contributed by atoms with Gasteiger partial charge < -0.3 is 14.8 Å². The van der Waals surface area contributed by atoms with Gasteiger partial charge in [-0.05, 0) is 103 Å². The lowest BCUT2D eigenvalue weighted by molar-refractivity contribution is -0.384. The van der Waals surface area contributed by atoms with Gasteiger partial charge in [-0.3, -0.25) is 29.8 Å². The molecule has 0 aromatic heterocycles. The fraction of sp³-hybridized carbons (Fsp3) is 0.172. The summed E-state index contributed by atoms with van der Waals surface area (Å²) in [5.41, 5.74) is 2.67. The molecule has 1 heterocycles. The first kappa shape index (κ1) is 30.2. The van der Waals surface area contributed by atoms with Crippen molar-refractivity contribution in [1.82, 2.24) is 5.32 Å². The molecule has 5 amide bonds. The Balaban J connectivity index is 1.57. The summed E-state index contributed by atoms with van der Waals surface area (Å²) in [6.45, 7) is 5.66. The van der Waals surface area contributed by atoms with E-state index in [1.54, 1.807) is 25.1 Å². The first-order valence-electron chi connectivity index (χ1n) is 12.6. The number of non-ortho nitro benzene ring substituents is 1. The first-order chi connectivity index (χ1) is 20.0. The molecule has 3 aromatic rings.